The number of aromatic nitrogens is 5. The molecule has 0 bridgehead atoms. The Morgan fingerprint density at radius 3 is 1.30 bits per heavy atom. The summed E-state index contributed by atoms with van der Waals surface area (Å²) < 4.78 is 4.79. The van der Waals surface area contributed by atoms with Gasteiger partial charge in [0, 0.05) is 62.0 Å². The van der Waals surface area contributed by atoms with Gasteiger partial charge in [-0.15, -0.1) is 0 Å². The molecule has 0 spiro atoms. The van der Waals surface area contributed by atoms with Crippen molar-refractivity contribution in [2.45, 2.75) is 0 Å². The van der Waals surface area contributed by atoms with Gasteiger partial charge < -0.3 is 9.13 Å². The van der Waals surface area contributed by atoms with Crippen LogP contribution in [0.15, 0.2) is 200 Å². The van der Waals surface area contributed by atoms with Gasteiger partial charge in [-0.2, -0.15) is 0 Å². The average molecular weight is 716 g/mol. The second-order valence-corrected chi connectivity index (χ2v) is 14.1. The average Bonchev–Trinajstić information content (AvgIpc) is 3.80. The molecular formula is C51H33N5. The first kappa shape index (κ1) is 31.9. The highest BCUT2D eigenvalue weighted by atomic mass is 15.0. The zero-order chi connectivity index (χ0) is 37.0. The van der Waals surface area contributed by atoms with Crippen molar-refractivity contribution < 1.29 is 0 Å². The van der Waals surface area contributed by atoms with Crippen LogP contribution in [0.3, 0.4) is 0 Å². The van der Waals surface area contributed by atoms with Crippen LogP contribution in [0.4, 0.5) is 0 Å². The predicted octanol–water partition coefficient (Wildman–Crippen LogP) is 12.7. The molecule has 0 saturated heterocycles. The second kappa shape index (κ2) is 13.0. The minimum Gasteiger partial charge on any atom is -0.309 e. The van der Waals surface area contributed by atoms with Gasteiger partial charge in [0.1, 0.15) is 0 Å². The molecule has 4 aromatic heterocycles. The van der Waals surface area contributed by atoms with E-state index in [1.165, 1.54) is 21.5 Å². The molecule has 0 aliphatic heterocycles. The zero-order valence-electron chi connectivity index (χ0n) is 30.3. The van der Waals surface area contributed by atoms with Crippen LogP contribution in [0, 0.1) is 0 Å². The second-order valence-electron chi connectivity index (χ2n) is 14.1. The van der Waals surface area contributed by atoms with E-state index in [1.807, 2.05) is 42.7 Å². The van der Waals surface area contributed by atoms with Crippen molar-refractivity contribution in [3.05, 3.63) is 200 Å². The number of benzene rings is 7. The lowest BCUT2D eigenvalue weighted by atomic mass is 9.97. The molecule has 56 heavy (non-hydrogen) atoms. The summed E-state index contributed by atoms with van der Waals surface area (Å²) in [5, 5.41) is 4.87. The van der Waals surface area contributed by atoms with Crippen molar-refractivity contribution >= 4 is 43.6 Å². The highest BCUT2D eigenvalue weighted by molar-refractivity contribution is 6.10. The first-order chi connectivity index (χ1) is 27.8. The van der Waals surface area contributed by atoms with Crippen LogP contribution in [0.5, 0.6) is 0 Å². The molecule has 0 fully saturated rings. The quantitative estimate of drug-likeness (QED) is 0.172. The molecule has 5 nitrogen and oxygen atoms in total. The van der Waals surface area contributed by atoms with Crippen LogP contribution < -0.4 is 0 Å². The Bertz CT molecular complexity index is 3010. The smallest absolute Gasteiger partial charge is 0.160 e. The fraction of sp³-hybridized carbons (Fsp3) is 0. The van der Waals surface area contributed by atoms with Gasteiger partial charge in [0.25, 0.3) is 0 Å². The number of nitrogens with zero attached hydrogens (tertiary/aromatic N) is 5. The van der Waals surface area contributed by atoms with E-state index in [0.717, 1.165) is 72.6 Å². The molecule has 11 rings (SSSR count). The van der Waals surface area contributed by atoms with Crippen molar-refractivity contribution in [1.82, 2.24) is 24.1 Å². The van der Waals surface area contributed by atoms with E-state index in [2.05, 4.69) is 172 Å². The Morgan fingerprint density at radius 2 is 0.768 bits per heavy atom. The fourth-order valence-corrected chi connectivity index (χ4v) is 8.34. The van der Waals surface area contributed by atoms with Crippen LogP contribution in [-0.2, 0) is 0 Å². The van der Waals surface area contributed by atoms with E-state index < -0.39 is 0 Å². The SMILES string of the molecule is c1ccc(-c2nc(-c3cc(-n4c5ccccc5c5ccccc54)cc(-n4c5ccccc5c5ccccc54)c3)cc(-c3ccccc3-c3ccncc3)n2)cc1. The summed E-state index contributed by atoms with van der Waals surface area (Å²) in [5.74, 6) is 0.670. The Kier molecular flexibility index (Phi) is 7.42. The number of hydrogen-bond donors (Lipinski definition) is 0. The van der Waals surface area contributed by atoms with E-state index in [9.17, 15) is 0 Å². The number of fused-ring (bicyclic) bond motifs is 6. The minimum absolute atomic E-state index is 0.670. The fourth-order valence-electron chi connectivity index (χ4n) is 8.34. The van der Waals surface area contributed by atoms with Crippen LogP contribution in [-0.4, -0.2) is 24.1 Å². The lowest BCUT2D eigenvalue weighted by molar-refractivity contribution is 1.13. The Hall–Kier alpha value is -7.63. The van der Waals surface area contributed by atoms with Crippen molar-refractivity contribution in [2.75, 3.05) is 0 Å². The molecule has 0 saturated carbocycles. The molecule has 0 unspecified atom stereocenters. The maximum Gasteiger partial charge on any atom is 0.160 e. The largest absolute Gasteiger partial charge is 0.309 e. The standard InChI is InChI=1S/C51H33N5/c1-2-14-35(15-3-1)51-53-45(33-46(54-51)40-17-5-4-16-39(40)34-26-28-52-29-27-34)36-30-37(55-47-22-10-6-18-41(47)42-19-7-11-23-48(42)55)32-38(31-36)56-49-24-12-8-20-43(49)44-21-9-13-25-50(44)56/h1-33H. The van der Waals surface area contributed by atoms with E-state index in [0.29, 0.717) is 5.82 Å². The van der Waals surface area contributed by atoms with Crippen LogP contribution in [0.1, 0.15) is 0 Å². The summed E-state index contributed by atoms with van der Waals surface area (Å²) in [5.41, 5.74) is 13.5. The molecule has 0 radical (unpaired) electrons. The molecule has 4 heterocycles. The summed E-state index contributed by atoms with van der Waals surface area (Å²) in [6.07, 6.45) is 3.67. The third-order valence-corrected chi connectivity index (χ3v) is 10.8. The van der Waals surface area contributed by atoms with Gasteiger partial charge >= 0.3 is 0 Å². The van der Waals surface area contributed by atoms with Crippen LogP contribution in [0.2, 0.25) is 0 Å². The summed E-state index contributed by atoms with van der Waals surface area (Å²) >= 11 is 0. The van der Waals surface area contributed by atoms with Crippen LogP contribution in [0.25, 0.3) is 100 Å². The van der Waals surface area contributed by atoms with Gasteiger partial charge in [-0.25, -0.2) is 9.97 Å². The summed E-state index contributed by atoms with van der Waals surface area (Å²) in [7, 11) is 0. The van der Waals surface area contributed by atoms with E-state index in [-0.39, 0.29) is 0 Å². The van der Waals surface area contributed by atoms with Gasteiger partial charge in [0.05, 0.1) is 33.5 Å². The molecule has 0 N–H and O–H groups in total. The van der Waals surface area contributed by atoms with Crippen molar-refractivity contribution in [3.63, 3.8) is 0 Å². The monoisotopic (exact) mass is 715 g/mol. The van der Waals surface area contributed by atoms with Gasteiger partial charge in [0.2, 0.25) is 0 Å². The predicted molar refractivity (Wildman–Crippen MR) is 230 cm³/mol. The number of pyridine rings is 1. The van der Waals surface area contributed by atoms with Gasteiger partial charge in [-0.1, -0.05) is 127 Å². The number of rotatable bonds is 6. The Labute approximate surface area is 323 Å². The van der Waals surface area contributed by atoms with Crippen LogP contribution >= 0.6 is 0 Å². The molecular weight excluding hydrogens is 683 g/mol. The summed E-state index contributed by atoms with van der Waals surface area (Å²) in [6.45, 7) is 0. The molecule has 0 aliphatic rings. The number of hydrogen-bond acceptors (Lipinski definition) is 3. The van der Waals surface area contributed by atoms with Gasteiger partial charge in [-0.05, 0) is 71.8 Å². The molecule has 262 valence electrons. The van der Waals surface area contributed by atoms with E-state index in [4.69, 9.17) is 9.97 Å². The lowest BCUT2D eigenvalue weighted by Gasteiger charge is -2.17. The Morgan fingerprint density at radius 1 is 0.321 bits per heavy atom. The molecule has 0 amide bonds. The summed E-state index contributed by atoms with van der Waals surface area (Å²) in [4.78, 5) is 14.9. The van der Waals surface area contributed by atoms with Gasteiger partial charge in [-0.3, -0.25) is 4.98 Å². The molecule has 11 aromatic rings. The molecule has 7 aromatic carbocycles. The highest BCUT2D eigenvalue weighted by Gasteiger charge is 2.19. The number of para-hydroxylation sites is 4. The Balaban J connectivity index is 1.23. The normalized spacial score (nSPS) is 11.6. The third kappa shape index (κ3) is 5.21. The molecule has 5 heteroatoms. The van der Waals surface area contributed by atoms with E-state index in [1.54, 1.807) is 0 Å². The lowest BCUT2D eigenvalue weighted by Crippen LogP contribution is -2.02. The van der Waals surface area contributed by atoms with Crippen molar-refractivity contribution in [2.24, 2.45) is 0 Å². The molecule has 0 aliphatic carbocycles. The molecule has 0 atom stereocenters. The highest BCUT2D eigenvalue weighted by Crippen LogP contribution is 2.39. The third-order valence-electron chi connectivity index (χ3n) is 10.8. The topological polar surface area (TPSA) is 48.5 Å². The van der Waals surface area contributed by atoms with Crippen molar-refractivity contribution in [3.8, 4) is 56.4 Å². The first-order valence-electron chi connectivity index (χ1n) is 18.9. The maximum atomic E-state index is 5.36. The first-order valence-corrected chi connectivity index (χ1v) is 18.9. The minimum atomic E-state index is 0.670. The van der Waals surface area contributed by atoms with Crippen molar-refractivity contribution in [1.29, 1.82) is 0 Å². The van der Waals surface area contributed by atoms with E-state index >= 15 is 0 Å². The maximum absolute atomic E-state index is 5.36. The van der Waals surface area contributed by atoms with Gasteiger partial charge in [0.15, 0.2) is 5.82 Å². The zero-order valence-corrected chi connectivity index (χ0v) is 30.3. The summed E-state index contributed by atoms with van der Waals surface area (Å²) in [6, 6.07) is 66.6.